The monoisotopic (exact) mass is 312 g/mol. The lowest BCUT2D eigenvalue weighted by Crippen LogP contribution is -2.40. The summed E-state index contributed by atoms with van der Waals surface area (Å²) < 4.78 is 0. The molecule has 1 fully saturated rings. The lowest BCUT2D eigenvalue weighted by atomic mass is 10.2. The highest BCUT2D eigenvalue weighted by atomic mass is 16.2. The number of urea groups is 1. The molecule has 1 atom stereocenters. The van der Waals surface area contributed by atoms with Crippen LogP contribution in [0.25, 0.3) is 10.9 Å². The van der Waals surface area contributed by atoms with Crippen LogP contribution in [-0.2, 0) is 4.79 Å². The Balaban J connectivity index is 1.67. The van der Waals surface area contributed by atoms with Crippen LogP contribution < -0.4 is 10.6 Å². The summed E-state index contributed by atoms with van der Waals surface area (Å²) in [6, 6.07) is 9.12. The molecule has 6 nitrogen and oxygen atoms in total. The van der Waals surface area contributed by atoms with Gasteiger partial charge in [-0.3, -0.25) is 9.78 Å². The summed E-state index contributed by atoms with van der Waals surface area (Å²) in [7, 11) is 0. The minimum Gasteiger partial charge on any atom is -0.338 e. The molecule has 2 N–H and O–H groups in total. The minimum atomic E-state index is -0.313. The van der Waals surface area contributed by atoms with Crippen molar-refractivity contribution in [1.82, 2.24) is 15.2 Å². The molecule has 6 heteroatoms. The third-order valence-corrected chi connectivity index (χ3v) is 4.00. The summed E-state index contributed by atoms with van der Waals surface area (Å²) in [6.45, 7) is 4.50. The molecule has 0 saturated carbocycles. The number of anilines is 1. The maximum atomic E-state index is 12.2. The SMILES string of the molecule is CC(C)N1CC(NC(=O)Nc2cccc3cccnc23)CC1=O. The number of fused-ring (bicyclic) bond motifs is 1. The second-order valence-electron chi connectivity index (χ2n) is 6.02. The average molecular weight is 312 g/mol. The molecular weight excluding hydrogens is 292 g/mol. The third-order valence-electron chi connectivity index (χ3n) is 4.00. The van der Waals surface area contributed by atoms with Gasteiger partial charge in [0.25, 0.3) is 0 Å². The van der Waals surface area contributed by atoms with Crippen molar-refractivity contribution >= 4 is 28.5 Å². The molecule has 1 aliphatic heterocycles. The number of carbonyl (C=O) groups excluding carboxylic acids is 2. The zero-order valence-electron chi connectivity index (χ0n) is 13.2. The van der Waals surface area contributed by atoms with Crippen molar-refractivity contribution in [3.05, 3.63) is 36.5 Å². The van der Waals surface area contributed by atoms with E-state index in [1.165, 1.54) is 0 Å². The van der Waals surface area contributed by atoms with Crippen molar-refractivity contribution in [3.63, 3.8) is 0 Å². The highest BCUT2D eigenvalue weighted by Crippen LogP contribution is 2.21. The van der Waals surface area contributed by atoms with Crippen LogP contribution in [0.1, 0.15) is 20.3 Å². The van der Waals surface area contributed by atoms with Crippen LogP contribution in [0.3, 0.4) is 0 Å². The van der Waals surface area contributed by atoms with Gasteiger partial charge >= 0.3 is 6.03 Å². The molecule has 0 spiro atoms. The van der Waals surface area contributed by atoms with Crippen molar-refractivity contribution in [2.45, 2.75) is 32.4 Å². The Morgan fingerprint density at radius 2 is 2.09 bits per heavy atom. The molecule has 1 saturated heterocycles. The van der Waals surface area contributed by atoms with E-state index >= 15 is 0 Å². The molecule has 120 valence electrons. The normalized spacial score (nSPS) is 17.8. The second kappa shape index (κ2) is 6.24. The van der Waals surface area contributed by atoms with Crippen LogP contribution in [0, 0.1) is 0 Å². The maximum absolute atomic E-state index is 12.2. The fourth-order valence-corrected chi connectivity index (χ4v) is 2.88. The van der Waals surface area contributed by atoms with Gasteiger partial charge in [-0.25, -0.2) is 4.79 Å². The van der Waals surface area contributed by atoms with E-state index in [1.807, 2.05) is 44.2 Å². The Morgan fingerprint density at radius 3 is 2.83 bits per heavy atom. The number of hydrogen-bond donors (Lipinski definition) is 2. The van der Waals surface area contributed by atoms with Crippen LogP contribution in [-0.4, -0.2) is 40.5 Å². The lowest BCUT2D eigenvalue weighted by Gasteiger charge is -2.21. The van der Waals surface area contributed by atoms with E-state index < -0.39 is 0 Å². The first-order valence-electron chi connectivity index (χ1n) is 7.75. The van der Waals surface area contributed by atoms with Gasteiger partial charge in [0.15, 0.2) is 0 Å². The van der Waals surface area contributed by atoms with Gasteiger partial charge in [-0.2, -0.15) is 0 Å². The van der Waals surface area contributed by atoms with Gasteiger partial charge in [-0.15, -0.1) is 0 Å². The highest BCUT2D eigenvalue weighted by molar-refractivity contribution is 5.99. The van der Waals surface area contributed by atoms with Gasteiger partial charge in [-0.05, 0) is 26.0 Å². The smallest absolute Gasteiger partial charge is 0.319 e. The number of para-hydroxylation sites is 1. The van der Waals surface area contributed by atoms with Gasteiger partial charge in [-0.1, -0.05) is 18.2 Å². The molecule has 3 amide bonds. The number of benzene rings is 1. The molecule has 1 unspecified atom stereocenters. The van der Waals surface area contributed by atoms with Gasteiger partial charge < -0.3 is 15.5 Å². The quantitative estimate of drug-likeness (QED) is 0.913. The Hall–Kier alpha value is -2.63. The number of pyridine rings is 1. The van der Waals surface area contributed by atoms with Crippen molar-refractivity contribution in [2.24, 2.45) is 0 Å². The predicted octanol–water partition coefficient (Wildman–Crippen LogP) is 2.37. The second-order valence-corrected chi connectivity index (χ2v) is 6.02. The lowest BCUT2D eigenvalue weighted by molar-refractivity contribution is -0.129. The van der Waals surface area contributed by atoms with Crippen LogP contribution >= 0.6 is 0 Å². The molecule has 3 rings (SSSR count). The maximum Gasteiger partial charge on any atom is 0.319 e. The number of hydrogen-bond acceptors (Lipinski definition) is 3. The first kappa shape index (κ1) is 15.3. The van der Waals surface area contributed by atoms with E-state index in [9.17, 15) is 9.59 Å². The van der Waals surface area contributed by atoms with E-state index in [1.54, 1.807) is 11.1 Å². The first-order valence-corrected chi connectivity index (χ1v) is 7.75. The number of carbonyl (C=O) groups is 2. The zero-order valence-corrected chi connectivity index (χ0v) is 13.2. The van der Waals surface area contributed by atoms with Crippen molar-refractivity contribution in [2.75, 3.05) is 11.9 Å². The molecule has 1 aliphatic rings. The van der Waals surface area contributed by atoms with Crippen LogP contribution in [0.15, 0.2) is 36.5 Å². The Kier molecular flexibility index (Phi) is 4.14. The molecule has 0 aliphatic carbocycles. The summed E-state index contributed by atoms with van der Waals surface area (Å²) in [6.07, 6.45) is 2.04. The van der Waals surface area contributed by atoms with Gasteiger partial charge in [0, 0.05) is 30.6 Å². The molecule has 2 heterocycles. The topological polar surface area (TPSA) is 74.3 Å². The summed E-state index contributed by atoms with van der Waals surface area (Å²) in [4.78, 5) is 30.2. The summed E-state index contributed by atoms with van der Waals surface area (Å²) in [5.74, 6) is 0.0807. The number of rotatable bonds is 3. The van der Waals surface area contributed by atoms with Crippen LogP contribution in [0.5, 0.6) is 0 Å². The minimum absolute atomic E-state index is 0.0807. The van der Waals surface area contributed by atoms with Crippen molar-refractivity contribution in [3.8, 4) is 0 Å². The summed E-state index contributed by atoms with van der Waals surface area (Å²) >= 11 is 0. The standard InChI is InChI=1S/C17H20N4O2/c1-11(2)21-10-13(9-15(21)22)19-17(23)20-14-7-3-5-12-6-4-8-18-16(12)14/h3-8,11,13H,9-10H2,1-2H3,(H2,19,20,23). The van der Waals surface area contributed by atoms with E-state index in [-0.39, 0.29) is 24.0 Å². The Bertz CT molecular complexity index is 739. The summed E-state index contributed by atoms with van der Waals surface area (Å²) in [5.41, 5.74) is 1.40. The largest absolute Gasteiger partial charge is 0.338 e. The molecule has 2 aromatic rings. The molecule has 1 aromatic heterocycles. The van der Waals surface area contributed by atoms with E-state index in [2.05, 4.69) is 15.6 Å². The van der Waals surface area contributed by atoms with Crippen LogP contribution in [0.4, 0.5) is 10.5 Å². The number of aromatic nitrogens is 1. The first-order chi connectivity index (χ1) is 11.0. The number of nitrogens with one attached hydrogen (secondary N) is 2. The Labute approximate surface area is 134 Å². The van der Waals surface area contributed by atoms with E-state index in [0.717, 1.165) is 10.9 Å². The van der Waals surface area contributed by atoms with Crippen LogP contribution in [0.2, 0.25) is 0 Å². The fraction of sp³-hybridized carbons (Fsp3) is 0.353. The van der Waals surface area contributed by atoms with Gasteiger partial charge in [0.1, 0.15) is 0 Å². The van der Waals surface area contributed by atoms with E-state index in [4.69, 9.17) is 0 Å². The zero-order chi connectivity index (χ0) is 16.4. The predicted molar refractivity (Wildman–Crippen MR) is 89.2 cm³/mol. The fourth-order valence-electron chi connectivity index (χ4n) is 2.88. The molecule has 1 aromatic carbocycles. The van der Waals surface area contributed by atoms with Gasteiger partial charge in [0.2, 0.25) is 5.91 Å². The van der Waals surface area contributed by atoms with E-state index in [0.29, 0.717) is 18.7 Å². The molecule has 23 heavy (non-hydrogen) atoms. The number of nitrogens with zero attached hydrogens (tertiary/aromatic N) is 2. The number of likely N-dealkylation sites (tertiary alicyclic amines) is 1. The molecule has 0 bridgehead atoms. The number of amides is 3. The van der Waals surface area contributed by atoms with Gasteiger partial charge in [0.05, 0.1) is 17.2 Å². The van der Waals surface area contributed by atoms with Crippen molar-refractivity contribution in [1.29, 1.82) is 0 Å². The molecule has 0 radical (unpaired) electrons. The van der Waals surface area contributed by atoms with Crippen molar-refractivity contribution < 1.29 is 9.59 Å². The molecular formula is C17H20N4O2. The highest BCUT2D eigenvalue weighted by Gasteiger charge is 2.31. The average Bonchev–Trinajstić information content (AvgIpc) is 2.88. The summed E-state index contributed by atoms with van der Waals surface area (Å²) in [5, 5.41) is 6.66. The Morgan fingerprint density at radius 1 is 1.30 bits per heavy atom. The third kappa shape index (κ3) is 3.26.